The zero-order valence-electron chi connectivity index (χ0n) is 8.93. The van der Waals surface area contributed by atoms with Gasteiger partial charge in [-0.05, 0) is 41.9 Å². The summed E-state index contributed by atoms with van der Waals surface area (Å²) in [5.41, 5.74) is 7.80. The highest BCUT2D eigenvalue weighted by Gasteiger charge is 2.02. The highest BCUT2D eigenvalue weighted by molar-refractivity contribution is 9.11. The van der Waals surface area contributed by atoms with Crippen LogP contribution in [0, 0.1) is 6.92 Å². The van der Waals surface area contributed by atoms with E-state index in [4.69, 9.17) is 5.73 Å². The minimum absolute atomic E-state index is 0.0196. The van der Waals surface area contributed by atoms with Crippen molar-refractivity contribution in [2.75, 3.05) is 5.73 Å². The minimum Gasteiger partial charge on any atom is -0.398 e. The van der Waals surface area contributed by atoms with Gasteiger partial charge in [-0.3, -0.25) is 4.79 Å². The van der Waals surface area contributed by atoms with Gasteiger partial charge >= 0.3 is 0 Å². The largest absolute Gasteiger partial charge is 0.398 e. The Bertz CT molecular complexity index is 401. The number of halogens is 3. The van der Waals surface area contributed by atoms with Crippen molar-refractivity contribution in [1.29, 1.82) is 0 Å². The van der Waals surface area contributed by atoms with Gasteiger partial charge < -0.3 is 5.73 Å². The summed E-state index contributed by atoms with van der Waals surface area (Å²) in [6.45, 7) is 3.46. The molecule has 0 fully saturated rings. The number of anilines is 1. The minimum atomic E-state index is -0.975. The molecule has 1 aromatic rings. The second-order valence-electron chi connectivity index (χ2n) is 3.05. The third kappa shape index (κ3) is 5.60. The van der Waals surface area contributed by atoms with Gasteiger partial charge in [-0.25, -0.2) is 4.39 Å². The Morgan fingerprint density at radius 2 is 2.00 bits per heavy atom. The third-order valence-electron chi connectivity index (χ3n) is 1.67. The Morgan fingerprint density at radius 3 is 2.31 bits per heavy atom. The average molecular weight is 292 g/mol. The molecule has 0 aliphatic heterocycles. The first-order valence-electron chi connectivity index (χ1n) is 4.37. The molecule has 1 rings (SSSR count). The van der Waals surface area contributed by atoms with Crippen molar-refractivity contribution in [1.82, 2.24) is 0 Å². The highest BCUT2D eigenvalue weighted by Crippen LogP contribution is 2.13. The van der Waals surface area contributed by atoms with Crippen LogP contribution in [0.5, 0.6) is 0 Å². The van der Waals surface area contributed by atoms with Crippen LogP contribution in [0.3, 0.4) is 0 Å². The summed E-state index contributed by atoms with van der Waals surface area (Å²) in [4.78, 5) is 10.9. The standard InChI is InChI=1S/C9H11NO.C2HBrF2/c1-6-3-4-9(10)8(5-6)7(2)11;3-2(5)1-4/h3-5H,10H2,1-2H3;1H. The fourth-order valence-corrected chi connectivity index (χ4v) is 0.975. The molecule has 0 radical (unpaired) electrons. The molecule has 0 heterocycles. The van der Waals surface area contributed by atoms with Crippen LogP contribution in [0.4, 0.5) is 14.5 Å². The van der Waals surface area contributed by atoms with E-state index in [0.717, 1.165) is 5.56 Å². The van der Waals surface area contributed by atoms with Gasteiger partial charge in [0.25, 0.3) is 0 Å². The lowest BCUT2D eigenvalue weighted by Gasteiger charge is -2.01. The molecule has 0 amide bonds. The molecule has 5 heteroatoms. The molecule has 0 spiro atoms. The maximum absolute atomic E-state index is 10.9. The van der Waals surface area contributed by atoms with Gasteiger partial charge in [0.15, 0.2) is 10.5 Å². The number of carbonyl (C=O) groups is 1. The number of nitrogens with two attached hydrogens (primary N) is 1. The fraction of sp³-hybridized carbons (Fsp3) is 0.182. The number of hydrogen-bond acceptors (Lipinski definition) is 2. The SMILES string of the molecule is CC(=O)c1cc(C)ccc1N.FC=C(F)Br. The van der Waals surface area contributed by atoms with Crippen LogP contribution in [0.25, 0.3) is 0 Å². The second-order valence-corrected chi connectivity index (χ2v) is 3.80. The van der Waals surface area contributed by atoms with E-state index in [9.17, 15) is 13.6 Å². The lowest BCUT2D eigenvalue weighted by Crippen LogP contribution is -1.99. The van der Waals surface area contributed by atoms with E-state index in [1.165, 1.54) is 6.92 Å². The molecule has 2 nitrogen and oxygen atoms in total. The Morgan fingerprint density at radius 1 is 1.50 bits per heavy atom. The molecule has 0 aliphatic carbocycles. The van der Waals surface area contributed by atoms with Crippen molar-refractivity contribution in [3.63, 3.8) is 0 Å². The lowest BCUT2D eigenvalue weighted by atomic mass is 10.1. The summed E-state index contributed by atoms with van der Waals surface area (Å²) in [5, 5.41) is 0. The molecule has 2 N–H and O–H groups in total. The van der Waals surface area contributed by atoms with Gasteiger partial charge in [-0.15, -0.1) is 0 Å². The first kappa shape index (κ1) is 14.8. The molecule has 0 unspecified atom stereocenters. The second kappa shape index (κ2) is 7.11. The first-order chi connectivity index (χ1) is 7.38. The average Bonchev–Trinajstić information content (AvgIpc) is 2.22. The van der Waals surface area contributed by atoms with Crippen molar-refractivity contribution < 1.29 is 13.6 Å². The van der Waals surface area contributed by atoms with E-state index in [1.807, 2.05) is 13.0 Å². The van der Waals surface area contributed by atoms with Gasteiger partial charge in [0.05, 0.1) is 0 Å². The maximum Gasteiger partial charge on any atom is 0.193 e. The molecule has 0 aromatic heterocycles. The molecule has 0 atom stereocenters. The Hall–Kier alpha value is -1.23. The zero-order chi connectivity index (χ0) is 12.7. The van der Waals surface area contributed by atoms with Gasteiger partial charge in [0.2, 0.25) is 0 Å². The number of Topliss-reactive ketones (excluding diaryl/α,β-unsaturated/α-hetero) is 1. The Labute approximate surface area is 101 Å². The van der Waals surface area contributed by atoms with Crippen LogP contribution < -0.4 is 5.73 Å². The lowest BCUT2D eigenvalue weighted by molar-refractivity contribution is 0.101. The molecular formula is C11H12BrF2NO. The molecule has 1 aromatic carbocycles. The number of aryl methyl sites for hydroxylation is 1. The van der Waals surface area contributed by atoms with Gasteiger partial charge in [0, 0.05) is 11.3 Å². The predicted molar refractivity (Wildman–Crippen MR) is 64.8 cm³/mol. The van der Waals surface area contributed by atoms with Gasteiger partial charge in [0.1, 0.15) is 6.33 Å². The summed E-state index contributed by atoms with van der Waals surface area (Å²) < 4.78 is 20.4. The monoisotopic (exact) mass is 291 g/mol. The van der Waals surface area contributed by atoms with E-state index in [-0.39, 0.29) is 12.1 Å². The summed E-state index contributed by atoms with van der Waals surface area (Å²) in [6.07, 6.45) is -0.167. The topological polar surface area (TPSA) is 43.1 Å². The molecule has 0 bridgehead atoms. The smallest absolute Gasteiger partial charge is 0.193 e. The third-order valence-corrected chi connectivity index (χ3v) is 1.84. The summed E-state index contributed by atoms with van der Waals surface area (Å²) in [6, 6.07) is 5.45. The van der Waals surface area contributed by atoms with Crippen LogP contribution >= 0.6 is 15.9 Å². The summed E-state index contributed by atoms with van der Waals surface area (Å²) >= 11 is 2.19. The quantitative estimate of drug-likeness (QED) is 0.630. The number of ketones is 1. The normalized spacial score (nSPS) is 10.4. The first-order valence-corrected chi connectivity index (χ1v) is 5.16. The zero-order valence-corrected chi connectivity index (χ0v) is 10.5. The molecule has 88 valence electrons. The van der Waals surface area contributed by atoms with Crippen LogP contribution in [-0.2, 0) is 0 Å². The molecule has 0 saturated heterocycles. The van der Waals surface area contributed by atoms with E-state index in [1.54, 1.807) is 12.1 Å². The fourth-order valence-electron chi connectivity index (χ4n) is 0.975. The molecule has 0 saturated carbocycles. The van der Waals surface area contributed by atoms with Crippen molar-refractivity contribution in [2.24, 2.45) is 0 Å². The Kier molecular flexibility index (Phi) is 6.56. The van der Waals surface area contributed by atoms with Crippen LogP contribution in [0.15, 0.2) is 29.3 Å². The predicted octanol–water partition coefficient (Wildman–Crippen LogP) is 3.90. The van der Waals surface area contributed by atoms with E-state index >= 15 is 0 Å². The Balaban J connectivity index is 0.000000385. The van der Waals surface area contributed by atoms with Crippen molar-refractivity contribution in [2.45, 2.75) is 13.8 Å². The van der Waals surface area contributed by atoms with Gasteiger partial charge in [-0.1, -0.05) is 11.6 Å². The van der Waals surface area contributed by atoms with Crippen LogP contribution in [0.2, 0.25) is 0 Å². The maximum atomic E-state index is 10.9. The van der Waals surface area contributed by atoms with Crippen LogP contribution in [-0.4, -0.2) is 5.78 Å². The van der Waals surface area contributed by atoms with Crippen molar-refractivity contribution >= 4 is 27.4 Å². The number of benzene rings is 1. The number of hydrogen-bond donors (Lipinski definition) is 1. The summed E-state index contributed by atoms with van der Waals surface area (Å²) in [7, 11) is 0. The summed E-state index contributed by atoms with van der Waals surface area (Å²) in [5.74, 6) is 0.0196. The number of carbonyl (C=O) groups excluding carboxylic acids is 1. The van der Waals surface area contributed by atoms with Gasteiger partial charge in [-0.2, -0.15) is 4.39 Å². The van der Waals surface area contributed by atoms with Crippen LogP contribution in [0.1, 0.15) is 22.8 Å². The van der Waals surface area contributed by atoms with Crippen molar-refractivity contribution in [3.05, 3.63) is 40.4 Å². The van der Waals surface area contributed by atoms with Crippen molar-refractivity contribution in [3.8, 4) is 0 Å². The van der Waals surface area contributed by atoms with E-state index in [2.05, 4.69) is 15.9 Å². The number of nitrogen functional groups attached to an aromatic ring is 1. The number of rotatable bonds is 1. The molecular weight excluding hydrogens is 280 g/mol. The van der Waals surface area contributed by atoms with E-state index in [0.29, 0.717) is 11.3 Å². The van der Waals surface area contributed by atoms with E-state index < -0.39 is 4.74 Å². The molecule has 16 heavy (non-hydrogen) atoms. The molecule has 0 aliphatic rings. The highest BCUT2D eigenvalue weighted by atomic mass is 79.9.